The normalized spacial score (nSPS) is 9.50. The standard InChI is InChI=1S/C6H10N4O2/c1-4-9-5(10-12-4)3-8-6(11)7-2/h3H2,1-2H3,(H2,7,8,11). The van der Waals surface area contributed by atoms with Crippen LogP contribution in [0.25, 0.3) is 0 Å². The van der Waals surface area contributed by atoms with Gasteiger partial charge >= 0.3 is 6.03 Å². The first-order valence-electron chi connectivity index (χ1n) is 3.47. The van der Waals surface area contributed by atoms with Crippen molar-refractivity contribution in [3.8, 4) is 0 Å². The highest BCUT2D eigenvalue weighted by molar-refractivity contribution is 5.73. The van der Waals surface area contributed by atoms with Crippen LogP contribution in [-0.2, 0) is 6.54 Å². The SMILES string of the molecule is CNC(=O)NCc1noc(C)n1. The number of carbonyl (C=O) groups is 1. The third-order valence-electron chi connectivity index (χ3n) is 1.20. The van der Waals surface area contributed by atoms with Gasteiger partial charge in [-0.05, 0) is 0 Å². The second kappa shape index (κ2) is 3.70. The molecule has 1 heterocycles. The Kier molecular flexibility index (Phi) is 2.62. The zero-order chi connectivity index (χ0) is 8.97. The molecule has 0 aliphatic carbocycles. The van der Waals surface area contributed by atoms with Gasteiger partial charge in [-0.2, -0.15) is 4.98 Å². The predicted octanol–water partition coefficient (Wildman–Crippen LogP) is -0.193. The van der Waals surface area contributed by atoms with Gasteiger partial charge in [-0.1, -0.05) is 5.16 Å². The van der Waals surface area contributed by atoms with E-state index in [1.165, 1.54) is 7.05 Å². The summed E-state index contributed by atoms with van der Waals surface area (Å²) in [5.41, 5.74) is 0. The molecule has 0 bridgehead atoms. The lowest BCUT2D eigenvalue weighted by Crippen LogP contribution is -2.32. The number of nitrogens with one attached hydrogen (secondary N) is 2. The summed E-state index contributed by atoms with van der Waals surface area (Å²) in [7, 11) is 1.54. The number of aromatic nitrogens is 2. The lowest BCUT2D eigenvalue weighted by atomic mass is 10.6. The Morgan fingerprint density at radius 3 is 2.92 bits per heavy atom. The second-order valence-electron chi connectivity index (χ2n) is 2.16. The lowest BCUT2D eigenvalue weighted by Gasteiger charge is -1.98. The number of hydrogen-bond acceptors (Lipinski definition) is 4. The van der Waals surface area contributed by atoms with E-state index in [0.29, 0.717) is 11.7 Å². The van der Waals surface area contributed by atoms with E-state index in [-0.39, 0.29) is 12.6 Å². The van der Waals surface area contributed by atoms with Crippen LogP contribution in [0.4, 0.5) is 4.79 Å². The van der Waals surface area contributed by atoms with Crippen LogP contribution in [0, 0.1) is 6.92 Å². The van der Waals surface area contributed by atoms with Crippen LogP contribution >= 0.6 is 0 Å². The van der Waals surface area contributed by atoms with Gasteiger partial charge in [0.05, 0.1) is 6.54 Å². The largest absolute Gasteiger partial charge is 0.341 e. The summed E-state index contributed by atoms with van der Waals surface area (Å²) in [4.78, 5) is 14.6. The van der Waals surface area contributed by atoms with Gasteiger partial charge < -0.3 is 15.2 Å². The van der Waals surface area contributed by atoms with Crippen LogP contribution in [0.15, 0.2) is 4.52 Å². The molecule has 0 unspecified atom stereocenters. The molecule has 1 rings (SSSR count). The third-order valence-corrected chi connectivity index (χ3v) is 1.20. The van der Waals surface area contributed by atoms with E-state index in [0.717, 1.165) is 0 Å². The quantitative estimate of drug-likeness (QED) is 0.644. The second-order valence-corrected chi connectivity index (χ2v) is 2.16. The molecule has 2 amide bonds. The Morgan fingerprint density at radius 1 is 1.67 bits per heavy atom. The van der Waals surface area contributed by atoms with Crippen LogP contribution < -0.4 is 10.6 Å². The van der Waals surface area contributed by atoms with Crippen molar-refractivity contribution in [3.63, 3.8) is 0 Å². The first-order chi connectivity index (χ1) is 5.72. The van der Waals surface area contributed by atoms with Crippen molar-refractivity contribution in [1.29, 1.82) is 0 Å². The summed E-state index contributed by atoms with van der Waals surface area (Å²) >= 11 is 0. The minimum absolute atomic E-state index is 0.266. The van der Waals surface area contributed by atoms with Crippen molar-refractivity contribution >= 4 is 6.03 Å². The summed E-state index contributed by atoms with van der Waals surface area (Å²) in [6, 6.07) is -0.266. The van der Waals surface area contributed by atoms with Gasteiger partial charge in [0.1, 0.15) is 0 Å². The maximum atomic E-state index is 10.7. The number of hydrogen-bond donors (Lipinski definition) is 2. The zero-order valence-corrected chi connectivity index (χ0v) is 6.92. The Balaban J connectivity index is 2.38. The van der Waals surface area contributed by atoms with Crippen molar-refractivity contribution in [2.45, 2.75) is 13.5 Å². The van der Waals surface area contributed by atoms with Gasteiger partial charge in [-0.25, -0.2) is 4.79 Å². The van der Waals surface area contributed by atoms with E-state index < -0.39 is 0 Å². The molecule has 2 N–H and O–H groups in total. The highest BCUT2D eigenvalue weighted by Gasteiger charge is 2.02. The first-order valence-corrected chi connectivity index (χ1v) is 3.47. The topological polar surface area (TPSA) is 80.0 Å². The zero-order valence-electron chi connectivity index (χ0n) is 6.92. The molecule has 6 nitrogen and oxygen atoms in total. The summed E-state index contributed by atoms with van der Waals surface area (Å²) in [6.45, 7) is 1.97. The molecule has 12 heavy (non-hydrogen) atoms. The van der Waals surface area contributed by atoms with Gasteiger partial charge in [0, 0.05) is 14.0 Å². The first kappa shape index (κ1) is 8.51. The highest BCUT2D eigenvalue weighted by atomic mass is 16.5. The molecule has 1 aromatic heterocycles. The molecule has 0 saturated carbocycles. The van der Waals surface area contributed by atoms with Crippen LogP contribution in [0.1, 0.15) is 11.7 Å². The molecule has 0 atom stereocenters. The van der Waals surface area contributed by atoms with Gasteiger partial charge in [0.2, 0.25) is 5.89 Å². The maximum Gasteiger partial charge on any atom is 0.314 e. The molecule has 0 aliphatic heterocycles. The number of aryl methyl sites for hydroxylation is 1. The van der Waals surface area contributed by atoms with E-state index in [1.54, 1.807) is 6.92 Å². The minimum Gasteiger partial charge on any atom is -0.341 e. The smallest absolute Gasteiger partial charge is 0.314 e. The Hall–Kier alpha value is -1.59. The van der Waals surface area contributed by atoms with E-state index in [2.05, 4.69) is 20.8 Å². The van der Waals surface area contributed by atoms with Gasteiger partial charge in [0.15, 0.2) is 5.82 Å². The van der Waals surface area contributed by atoms with Crippen molar-refractivity contribution < 1.29 is 9.32 Å². The lowest BCUT2D eigenvalue weighted by molar-refractivity contribution is 0.242. The minimum atomic E-state index is -0.266. The predicted molar refractivity (Wildman–Crippen MR) is 40.3 cm³/mol. The van der Waals surface area contributed by atoms with E-state index >= 15 is 0 Å². The maximum absolute atomic E-state index is 10.7. The number of nitrogens with zero attached hydrogens (tertiary/aromatic N) is 2. The van der Waals surface area contributed by atoms with Crippen molar-refractivity contribution in [3.05, 3.63) is 11.7 Å². The van der Waals surface area contributed by atoms with Crippen molar-refractivity contribution in [2.75, 3.05) is 7.05 Å². The molecule has 0 fully saturated rings. The van der Waals surface area contributed by atoms with Gasteiger partial charge in [-0.3, -0.25) is 0 Å². The van der Waals surface area contributed by atoms with E-state index in [4.69, 9.17) is 4.52 Å². The summed E-state index contributed by atoms with van der Waals surface area (Å²) in [5, 5.41) is 8.53. The van der Waals surface area contributed by atoms with Crippen LogP contribution in [0.2, 0.25) is 0 Å². The molecule has 0 saturated heterocycles. The monoisotopic (exact) mass is 170 g/mol. The number of carbonyl (C=O) groups excluding carboxylic acids is 1. The molecule has 0 aromatic carbocycles. The van der Waals surface area contributed by atoms with Gasteiger partial charge in [-0.15, -0.1) is 0 Å². The third kappa shape index (κ3) is 2.22. The summed E-state index contributed by atoms with van der Waals surface area (Å²) in [6.07, 6.45) is 0. The molecule has 0 aliphatic rings. The highest BCUT2D eigenvalue weighted by Crippen LogP contribution is 1.93. The fourth-order valence-corrected chi connectivity index (χ4v) is 0.661. The molecular formula is C6H10N4O2. The molecule has 66 valence electrons. The summed E-state index contributed by atoms with van der Waals surface area (Å²) in [5.74, 6) is 0.958. The molecule has 1 aromatic rings. The number of amides is 2. The fourth-order valence-electron chi connectivity index (χ4n) is 0.661. The molecular weight excluding hydrogens is 160 g/mol. The summed E-state index contributed by atoms with van der Waals surface area (Å²) < 4.78 is 4.70. The Labute approximate surface area is 69.3 Å². The van der Waals surface area contributed by atoms with Gasteiger partial charge in [0.25, 0.3) is 0 Å². The van der Waals surface area contributed by atoms with Crippen molar-refractivity contribution in [1.82, 2.24) is 20.8 Å². The Morgan fingerprint density at radius 2 is 2.42 bits per heavy atom. The van der Waals surface area contributed by atoms with Crippen LogP contribution in [0.5, 0.6) is 0 Å². The van der Waals surface area contributed by atoms with Crippen molar-refractivity contribution in [2.24, 2.45) is 0 Å². The van der Waals surface area contributed by atoms with Crippen LogP contribution in [0.3, 0.4) is 0 Å². The number of rotatable bonds is 2. The molecule has 0 radical (unpaired) electrons. The average Bonchev–Trinajstić information content (AvgIpc) is 2.47. The molecule has 0 spiro atoms. The number of urea groups is 1. The Bertz CT molecular complexity index is 270. The van der Waals surface area contributed by atoms with Crippen LogP contribution in [-0.4, -0.2) is 23.2 Å². The average molecular weight is 170 g/mol. The fraction of sp³-hybridized carbons (Fsp3) is 0.500. The van der Waals surface area contributed by atoms with E-state index in [9.17, 15) is 4.79 Å². The van der Waals surface area contributed by atoms with E-state index in [1.807, 2.05) is 0 Å². The molecule has 6 heteroatoms.